The molecule has 1 saturated heterocycles. The molecule has 0 spiro atoms. The molecule has 0 aliphatic carbocycles. The van der Waals surface area contributed by atoms with E-state index in [1.54, 1.807) is 27.9 Å². The molecule has 0 saturated carbocycles. The Morgan fingerprint density at radius 1 is 1.32 bits per heavy atom. The number of nitrogens with one attached hydrogen (secondary N) is 2. The topological polar surface area (TPSA) is 75.1 Å². The molecule has 2 heterocycles. The van der Waals surface area contributed by atoms with Crippen molar-refractivity contribution >= 4 is 11.7 Å². The second-order valence-corrected chi connectivity index (χ2v) is 6.36. The van der Waals surface area contributed by atoms with Crippen LogP contribution in [0.4, 0.5) is 14.9 Å². The zero-order valence-electron chi connectivity index (χ0n) is 14.4. The van der Waals surface area contributed by atoms with Crippen molar-refractivity contribution < 1.29 is 9.18 Å². The van der Waals surface area contributed by atoms with Gasteiger partial charge in [-0.25, -0.2) is 9.18 Å². The number of carbonyl (C=O) groups excluding carboxylic acids is 1. The van der Waals surface area contributed by atoms with Gasteiger partial charge in [0, 0.05) is 26.2 Å². The van der Waals surface area contributed by atoms with Gasteiger partial charge in [0.05, 0.1) is 11.7 Å². The minimum Gasteiger partial charge on any atom is -0.380 e. The number of aromatic nitrogens is 3. The Labute approximate surface area is 146 Å². The molecule has 134 valence electrons. The van der Waals surface area contributed by atoms with Crippen LogP contribution in [0.3, 0.4) is 0 Å². The molecule has 25 heavy (non-hydrogen) atoms. The molecule has 2 aromatic rings. The Balaban J connectivity index is 1.49. The summed E-state index contributed by atoms with van der Waals surface area (Å²) < 4.78 is 15.5. The van der Waals surface area contributed by atoms with Gasteiger partial charge in [-0.1, -0.05) is 12.1 Å². The van der Waals surface area contributed by atoms with Crippen LogP contribution < -0.4 is 10.6 Å². The normalized spacial score (nSPS) is 16.5. The minimum atomic E-state index is -0.250. The summed E-state index contributed by atoms with van der Waals surface area (Å²) in [5.41, 5.74) is 0.515. The molecule has 8 heteroatoms. The molecule has 0 radical (unpaired) electrons. The Hall–Kier alpha value is -2.64. The maximum atomic E-state index is 13.7. The summed E-state index contributed by atoms with van der Waals surface area (Å²) in [6.07, 6.45) is 3.16. The summed E-state index contributed by atoms with van der Waals surface area (Å²) in [7, 11) is 1.85. The summed E-state index contributed by atoms with van der Waals surface area (Å²) in [6, 6.07) is 6.50. The van der Waals surface area contributed by atoms with Gasteiger partial charge in [-0.15, -0.1) is 10.2 Å². The molecule has 3 rings (SSSR count). The van der Waals surface area contributed by atoms with E-state index in [4.69, 9.17) is 0 Å². The fourth-order valence-corrected chi connectivity index (χ4v) is 3.05. The van der Waals surface area contributed by atoms with E-state index >= 15 is 0 Å². The standard InChI is InChI=1S/C17H23FN6O/c1-12(16-22-19-11-23(16)2)20-17(25)24-9-7-13(8-10-24)21-15-6-4-3-5-14(15)18/h3-6,11-13,21H,7-10H2,1-2H3,(H,20,25). The van der Waals surface area contributed by atoms with E-state index in [1.807, 2.05) is 20.0 Å². The lowest BCUT2D eigenvalue weighted by molar-refractivity contribution is 0.180. The van der Waals surface area contributed by atoms with Gasteiger partial charge in [-0.3, -0.25) is 0 Å². The number of hydrogen-bond acceptors (Lipinski definition) is 4. The van der Waals surface area contributed by atoms with Crippen LogP contribution in [0.2, 0.25) is 0 Å². The highest BCUT2D eigenvalue weighted by Gasteiger charge is 2.25. The molecule has 7 nitrogen and oxygen atoms in total. The number of halogens is 1. The molecular weight excluding hydrogens is 323 g/mol. The van der Waals surface area contributed by atoms with E-state index in [-0.39, 0.29) is 23.9 Å². The zero-order chi connectivity index (χ0) is 17.8. The van der Waals surface area contributed by atoms with E-state index in [0.29, 0.717) is 24.6 Å². The molecule has 0 bridgehead atoms. The first-order valence-corrected chi connectivity index (χ1v) is 8.45. The highest BCUT2D eigenvalue weighted by molar-refractivity contribution is 5.74. The molecule has 1 atom stereocenters. The van der Waals surface area contributed by atoms with Crippen molar-refractivity contribution in [3.05, 3.63) is 42.2 Å². The fraction of sp³-hybridized carbons (Fsp3) is 0.471. The number of rotatable bonds is 4. The number of benzene rings is 1. The average molecular weight is 346 g/mol. The van der Waals surface area contributed by atoms with Crippen LogP contribution in [-0.4, -0.2) is 44.8 Å². The van der Waals surface area contributed by atoms with E-state index in [9.17, 15) is 9.18 Å². The van der Waals surface area contributed by atoms with Crippen LogP contribution in [0.1, 0.15) is 31.6 Å². The average Bonchev–Trinajstić information content (AvgIpc) is 3.03. The molecule has 1 aromatic heterocycles. The van der Waals surface area contributed by atoms with Gasteiger partial charge in [0.2, 0.25) is 0 Å². The third-order valence-corrected chi connectivity index (χ3v) is 4.49. The Bertz CT molecular complexity index is 725. The maximum Gasteiger partial charge on any atom is 0.317 e. The number of amides is 2. The Morgan fingerprint density at radius 3 is 2.68 bits per heavy atom. The molecular formula is C17H23FN6O. The number of anilines is 1. The van der Waals surface area contributed by atoms with Crippen molar-refractivity contribution in [3.8, 4) is 0 Å². The predicted molar refractivity (Wildman–Crippen MR) is 92.6 cm³/mol. The number of para-hydroxylation sites is 1. The number of nitrogens with zero attached hydrogens (tertiary/aromatic N) is 4. The highest BCUT2D eigenvalue weighted by atomic mass is 19.1. The number of hydrogen-bond donors (Lipinski definition) is 2. The van der Waals surface area contributed by atoms with Crippen LogP contribution in [0, 0.1) is 5.82 Å². The van der Waals surface area contributed by atoms with Crippen LogP contribution in [0.5, 0.6) is 0 Å². The van der Waals surface area contributed by atoms with Gasteiger partial charge < -0.3 is 20.1 Å². The SMILES string of the molecule is CC(NC(=O)N1CCC(Nc2ccccc2F)CC1)c1nncn1C. The van der Waals surface area contributed by atoms with Crippen LogP contribution in [0.25, 0.3) is 0 Å². The molecule has 1 aromatic carbocycles. The molecule has 1 unspecified atom stereocenters. The third kappa shape index (κ3) is 4.07. The van der Waals surface area contributed by atoms with Crippen LogP contribution >= 0.6 is 0 Å². The highest BCUT2D eigenvalue weighted by Crippen LogP contribution is 2.19. The zero-order valence-corrected chi connectivity index (χ0v) is 14.4. The van der Waals surface area contributed by atoms with Crippen LogP contribution in [-0.2, 0) is 7.05 Å². The molecule has 1 fully saturated rings. The Kier molecular flexibility index (Phi) is 5.16. The number of urea groups is 1. The molecule has 2 amide bonds. The second-order valence-electron chi connectivity index (χ2n) is 6.36. The summed E-state index contributed by atoms with van der Waals surface area (Å²) >= 11 is 0. The van der Waals surface area contributed by atoms with Gasteiger partial charge in [0.25, 0.3) is 0 Å². The largest absolute Gasteiger partial charge is 0.380 e. The first-order valence-electron chi connectivity index (χ1n) is 8.45. The van der Waals surface area contributed by atoms with Gasteiger partial charge in [-0.2, -0.15) is 0 Å². The van der Waals surface area contributed by atoms with Crippen molar-refractivity contribution in [2.75, 3.05) is 18.4 Å². The van der Waals surface area contributed by atoms with Crippen LogP contribution in [0.15, 0.2) is 30.6 Å². The monoisotopic (exact) mass is 346 g/mol. The first-order chi connectivity index (χ1) is 12.0. The van der Waals surface area contributed by atoms with Crippen molar-refractivity contribution in [2.45, 2.75) is 31.8 Å². The number of likely N-dealkylation sites (tertiary alicyclic amines) is 1. The van der Waals surface area contributed by atoms with E-state index in [1.165, 1.54) is 6.07 Å². The van der Waals surface area contributed by atoms with Crippen molar-refractivity contribution in [1.82, 2.24) is 25.0 Å². The fourth-order valence-electron chi connectivity index (χ4n) is 3.05. The Morgan fingerprint density at radius 2 is 2.04 bits per heavy atom. The lowest BCUT2D eigenvalue weighted by Crippen LogP contribution is -2.47. The van der Waals surface area contributed by atoms with Crippen molar-refractivity contribution in [1.29, 1.82) is 0 Å². The number of aryl methyl sites for hydroxylation is 1. The van der Waals surface area contributed by atoms with Gasteiger partial charge in [0.1, 0.15) is 12.1 Å². The van der Waals surface area contributed by atoms with Crippen molar-refractivity contribution in [2.24, 2.45) is 7.05 Å². The lowest BCUT2D eigenvalue weighted by atomic mass is 10.0. The predicted octanol–water partition coefficient (Wildman–Crippen LogP) is 2.30. The van der Waals surface area contributed by atoms with E-state index < -0.39 is 0 Å². The molecule has 1 aliphatic rings. The van der Waals surface area contributed by atoms with E-state index in [2.05, 4.69) is 20.8 Å². The maximum absolute atomic E-state index is 13.7. The smallest absolute Gasteiger partial charge is 0.317 e. The van der Waals surface area contributed by atoms with Crippen molar-refractivity contribution in [3.63, 3.8) is 0 Å². The quantitative estimate of drug-likeness (QED) is 0.891. The number of carbonyl (C=O) groups is 1. The van der Waals surface area contributed by atoms with Gasteiger partial charge in [-0.05, 0) is 31.9 Å². The lowest BCUT2D eigenvalue weighted by Gasteiger charge is -2.33. The molecule has 1 aliphatic heterocycles. The third-order valence-electron chi connectivity index (χ3n) is 4.49. The molecule has 2 N–H and O–H groups in total. The number of piperidine rings is 1. The van der Waals surface area contributed by atoms with Gasteiger partial charge in [0.15, 0.2) is 5.82 Å². The summed E-state index contributed by atoms with van der Waals surface area (Å²) in [5, 5.41) is 14.0. The summed E-state index contributed by atoms with van der Waals surface area (Å²) in [4.78, 5) is 14.2. The minimum absolute atomic E-state index is 0.111. The second kappa shape index (κ2) is 7.50. The van der Waals surface area contributed by atoms with Gasteiger partial charge >= 0.3 is 6.03 Å². The summed E-state index contributed by atoms with van der Waals surface area (Å²) in [5.74, 6) is 0.463. The first kappa shape index (κ1) is 17.2. The summed E-state index contributed by atoms with van der Waals surface area (Å²) in [6.45, 7) is 3.14. The van der Waals surface area contributed by atoms with E-state index in [0.717, 1.165) is 12.8 Å².